The van der Waals surface area contributed by atoms with E-state index in [0.29, 0.717) is 54.5 Å². The van der Waals surface area contributed by atoms with E-state index in [1.54, 1.807) is 68.7 Å². The van der Waals surface area contributed by atoms with E-state index in [-0.39, 0.29) is 12.3 Å². The third kappa shape index (κ3) is 5.12. The molecule has 0 unspecified atom stereocenters. The summed E-state index contributed by atoms with van der Waals surface area (Å²) in [6.07, 6.45) is 1.63. The van der Waals surface area contributed by atoms with Crippen molar-refractivity contribution in [3.05, 3.63) is 48.0 Å². The van der Waals surface area contributed by atoms with Gasteiger partial charge in [-0.05, 0) is 31.4 Å². The lowest BCUT2D eigenvalue weighted by Gasteiger charge is -2.32. The molecule has 0 spiro atoms. The standard InChI is InChI=1S/C23H29NO6S/c1-28-17-15-21(29-2)20(22(16-17)30-3)9-10-23(25)24-13-11-19(12-14-24)31(26,27)18-7-5-4-6-8-18/h4-8,15-16,19H,9-14H2,1-3H3. The second kappa shape index (κ2) is 10.0. The zero-order valence-corrected chi connectivity index (χ0v) is 19.0. The number of benzene rings is 2. The third-order valence-electron chi connectivity index (χ3n) is 5.71. The van der Waals surface area contributed by atoms with Crippen molar-refractivity contribution in [3.8, 4) is 17.2 Å². The molecule has 1 aliphatic rings. The summed E-state index contributed by atoms with van der Waals surface area (Å²) in [5.41, 5.74) is 0.806. The van der Waals surface area contributed by atoms with E-state index in [2.05, 4.69) is 0 Å². The minimum absolute atomic E-state index is 0.00418. The lowest BCUT2D eigenvalue weighted by Crippen LogP contribution is -2.42. The number of rotatable bonds is 8. The number of carbonyl (C=O) groups is 1. The van der Waals surface area contributed by atoms with Gasteiger partial charge >= 0.3 is 0 Å². The molecule has 3 rings (SSSR count). The first-order chi connectivity index (χ1) is 14.9. The minimum Gasteiger partial charge on any atom is -0.496 e. The van der Waals surface area contributed by atoms with Crippen LogP contribution in [0.15, 0.2) is 47.4 Å². The molecule has 1 fully saturated rings. The lowest BCUT2D eigenvalue weighted by molar-refractivity contribution is -0.132. The second-order valence-corrected chi connectivity index (χ2v) is 9.68. The molecule has 1 aliphatic heterocycles. The van der Waals surface area contributed by atoms with Gasteiger partial charge in [-0.25, -0.2) is 8.42 Å². The fourth-order valence-electron chi connectivity index (χ4n) is 3.93. The topological polar surface area (TPSA) is 82.1 Å². The van der Waals surface area contributed by atoms with Crippen LogP contribution in [0.2, 0.25) is 0 Å². The summed E-state index contributed by atoms with van der Waals surface area (Å²) in [7, 11) is 1.33. The first kappa shape index (κ1) is 22.9. The van der Waals surface area contributed by atoms with Gasteiger partial charge in [0, 0.05) is 37.2 Å². The fourth-order valence-corrected chi connectivity index (χ4v) is 5.69. The molecular weight excluding hydrogens is 418 g/mol. The first-order valence-electron chi connectivity index (χ1n) is 10.3. The predicted molar refractivity (Wildman–Crippen MR) is 118 cm³/mol. The van der Waals surface area contributed by atoms with Crippen molar-refractivity contribution >= 4 is 15.7 Å². The van der Waals surface area contributed by atoms with Gasteiger partial charge in [-0.1, -0.05) is 18.2 Å². The van der Waals surface area contributed by atoms with Crippen LogP contribution in [0.5, 0.6) is 17.2 Å². The minimum atomic E-state index is -3.37. The second-order valence-electron chi connectivity index (χ2n) is 7.45. The summed E-state index contributed by atoms with van der Waals surface area (Å²) in [6.45, 7) is 0.874. The molecule has 0 aromatic heterocycles. The van der Waals surface area contributed by atoms with E-state index in [4.69, 9.17) is 14.2 Å². The summed E-state index contributed by atoms with van der Waals surface area (Å²) in [4.78, 5) is 14.9. The maximum atomic E-state index is 12.8. The Morgan fingerprint density at radius 1 is 0.968 bits per heavy atom. The van der Waals surface area contributed by atoms with E-state index < -0.39 is 15.1 Å². The van der Waals surface area contributed by atoms with Gasteiger partial charge in [0.1, 0.15) is 17.2 Å². The van der Waals surface area contributed by atoms with E-state index in [1.165, 1.54) is 0 Å². The number of likely N-dealkylation sites (tertiary alicyclic amines) is 1. The monoisotopic (exact) mass is 447 g/mol. The van der Waals surface area contributed by atoms with Crippen molar-refractivity contribution in [3.63, 3.8) is 0 Å². The first-order valence-corrected chi connectivity index (χ1v) is 11.8. The quantitative estimate of drug-likeness (QED) is 0.619. The molecule has 1 heterocycles. The molecule has 1 amide bonds. The van der Waals surface area contributed by atoms with E-state index in [0.717, 1.165) is 5.56 Å². The van der Waals surface area contributed by atoms with Crippen molar-refractivity contribution in [1.29, 1.82) is 0 Å². The van der Waals surface area contributed by atoms with Crippen LogP contribution in [-0.2, 0) is 21.1 Å². The smallest absolute Gasteiger partial charge is 0.222 e. The highest BCUT2D eigenvalue weighted by Crippen LogP contribution is 2.35. The molecule has 0 aliphatic carbocycles. The van der Waals surface area contributed by atoms with Crippen LogP contribution < -0.4 is 14.2 Å². The molecule has 0 radical (unpaired) electrons. The zero-order valence-electron chi connectivity index (χ0n) is 18.2. The van der Waals surface area contributed by atoms with E-state index in [9.17, 15) is 13.2 Å². The molecule has 0 N–H and O–H groups in total. The zero-order chi connectivity index (χ0) is 22.4. The van der Waals surface area contributed by atoms with Gasteiger partial charge in [-0.15, -0.1) is 0 Å². The van der Waals surface area contributed by atoms with Crippen LogP contribution in [0.4, 0.5) is 0 Å². The van der Waals surface area contributed by atoms with Crippen LogP contribution in [0, 0.1) is 0 Å². The number of piperidine rings is 1. The summed E-state index contributed by atoms with van der Waals surface area (Å²) >= 11 is 0. The number of nitrogens with zero attached hydrogens (tertiary/aromatic N) is 1. The Kier molecular flexibility index (Phi) is 7.43. The lowest BCUT2D eigenvalue weighted by atomic mass is 10.0. The Balaban J connectivity index is 1.61. The summed E-state index contributed by atoms with van der Waals surface area (Å²) in [6, 6.07) is 12.0. The van der Waals surface area contributed by atoms with Gasteiger partial charge in [0.25, 0.3) is 0 Å². The van der Waals surface area contributed by atoms with Gasteiger partial charge < -0.3 is 19.1 Å². The highest BCUT2D eigenvalue weighted by molar-refractivity contribution is 7.92. The third-order valence-corrected chi connectivity index (χ3v) is 7.99. The molecule has 0 bridgehead atoms. The Labute approximate surface area is 183 Å². The molecule has 0 saturated carbocycles. The Morgan fingerprint density at radius 2 is 1.55 bits per heavy atom. The normalized spacial score (nSPS) is 14.9. The van der Waals surface area contributed by atoms with Crippen molar-refractivity contribution in [2.45, 2.75) is 35.8 Å². The van der Waals surface area contributed by atoms with Gasteiger partial charge in [-0.3, -0.25) is 4.79 Å². The van der Waals surface area contributed by atoms with Crippen LogP contribution in [0.25, 0.3) is 0 Å². The van der Waals surface area contributed by atoms with Crippen molar-refractivity contribution < 1.29 is 27.4 Å². The maximum Gasteiger partial charge on any atom is 0.222 e. The molecule has 0 atom stereocenters. The molecule has 168 valence electrons. The van der Waals surface area contributed by atoms with Crippen LogP contribution >= 0.6 is 0 Å². The number of methoxy groups -OCH3 is 3. The summed E-state index contributed by atoms with van der Waals surface area (Å²) in [5.74, 6) is 1.83. The van der Waals surface area contributed by atoms with E-state index >= 15 is 0 Å². The number of carbonyl (C=O) groups excluding carboxylic acids is 1. The Bertz CT molecular complexity index is 973. The number of hydrogen-bond donors (Lipinski definition) is 0. The largest absolute Gasteiger partial charge is 0.496 e. The van der Waals surface area contributed by atoms with Crippen molar-refractivity contribution in [1.82, 2.24) is 4.90 Å². The van der Waals surface area contributed by atoms with Gasteiger partial charge in [-0.2, -0.15) is 0 Å². The van der Waals surface area contributed by atoms with Crippen LogP contribution in [0.3, 0.4) is 0 Å². The van der Waals surface area contributed by atoms with Gasteiger partial charge in [0.2, 0.25) is 5.91 Å². The van der Waals surface area contributed by atoms with Crippen molar-refractivity contribution in [2.24, 2.45) is 0 Å². The Morgan fingerprint density at radius 3 is 2.06 bits per heavy atom. The van der Waals surface area contributed by atoms with Crippen LogP contribution in [-0.4, -0.2) is 58.9 Å². The number of ether oxygens (including phenoxy) is 3. The maximum absolute atomic E-state index is 12.8. The summed E-state index contributed by atoms with van der Waals surface area (Å²) in [5, 5.41) is -0.458. The predicted octanol–water partition coefficient (Wildman–Crippen LogP) is 3.11. The van der Waals surface area contributed by atoms with E-state index in [1.807, 2.05) is 0 Å². The summed E-state index contributed by atoms with van der Waals surface area (Å²) < 4.78 is 41.8. The molecule has 2 aromatic rings. The number of hydrogen-bond acceptors (Lipinski definition) is 6. The molecular formula is C23H29NO6S. The highest BCUT2D eigenvalue weighted by Gasteiger charge is 2.32. The average Bonchev–Trinajstić information content (AvgIpc) is 2.82. The SMILES string of the molecule is COc1cc(OC)c(CCC(=O)N2CCC(S(=O)(=O)c3ccccc3)CC2)c(OC)c1. The molecule has 8 heteroatoms. The molecule has 2 aromatic carbocycles. The highest BCUT2D eigenvalue weighted by atomic mass is 32.2. The van der Waals surface area contributed by atoms with Gasteiger partial charge in [0.05, 0.1) is 31.5 Å². The molecule has 1 saturated heterocycles. The number of amides is 1. The Hall–Kier alpha value is -2.74. The van der Waals surface area contributed by atoms with Crippen LogP contribution in [0.1, 0.15) is 24.8 Å². The molecule has 7 nitrogen and oxygen atoms in total. The number of sulfone groups is 1. The van der Waals surface area contributed by atoms with Crippen molar-refractivity contribution in [2.75, 3.05) is 34.4 Å². The van der Waals surface area contributed by atoms with Gasteiger partial charge in [0.15, 0.2) is 9.84 Å². The molecule has 31 heavy (non-hydrogen) atoms. The average molecular weight is 448 g/mol. The fraction of sp³-hybridized carbons (Fsp3) is 0.435.